The van der Waals surface area contributed by atoms with Gasteiger partial charge in [0.25, 0.3) is 11.5 Å². The van der Waals surface area contributed by atoms with Crippen LogP contribution in [-0.2, 0) is 11.4 Å². The molecule has 0 fully saturated rings. The van der Waals surface area contributed by atoms with E-state index in [0.717, 1.165) is 4.57 Å². The molecule has 2 heterocycles. The predicted molar refractivity (Wildman–Crippen MR) is 116 cm³/mol. The molecule has 0 saturated heterocycles. The van der Waals surface area contributed by atoms with Gasteiger partial charge in [0.1, 0.15) is 29.6 Å². The molecule has 2 aromatic carbocycles. The van der Waals surface area contributed by atoms with E-state index in [1.165, 1.54) is 6.07 Å². The lowest BCUT2D eigenvalue weighted by molar-refractivity contribution is -0.118. The highest BCUT2D eigenvalue weighted by Gasteiger charge is 2.08. The molecule has 0 aliphatic carbocycles. The van der Waals surface area contributed by atoms with Gasteiger partial charge in [-0.15, -0.1) is 4.57 Å². The van der Waals surface area contributed by atoms with Crippen LogP contribution in [0.3, 0.4) is 0 Å². The standard InChI is InChI=1S/C23H21N3O6/c1-15-11-21-24-17(12-23(28)26(21)32-15)13-30-19-5-3-16(4-6-19)25-22(27)14-31-20-9-7-18(29-2)8-10-20/h3-12H,13-14H2,1-2H3,(H,25,27). The molecule has 32 heavy (non-hydrogen) atoms. The Kier molecular flexibility index (Phi) is 6.07. The molecule has 0 saturated carbocycles. The van der Waals surface area contributed by atoms with Crippen LogP contribution < -0.4 is 25.1 Å². The summed E-state index contributed by atoms with van der Waals surface area (Å²) >= 11 is 0. The maximum Gasteiger partial charge on any atom is 0.287 e. The summed E-state index contributed by atoms with van der Waals surface area (Å²) in [6.45, 7) is 1.75. The van der Waals surface area contributed by atoms with E-state index in [-0.39, 0.29) is 24.7 Å². The maximum absolute atomic E-state index is 12.1. The van der Waals surface area contributed by atoms with Crippen LogP contribution in [0.15, 0.2) is 70.0 Å². The van der Waals surface area contributed by atoms with Crippen molar-refractivity contribution >= 4 is 17.2 Å². The Morgan fingerprint density at radius 1 is 1.00 bits per heavy atom. The number of aryl methyl sites for hydroxylation is 1. The van der Waals surface area contributed by atoms with Gasteiger partial charge in [0.15, 0.2) is 12.3 Å². The van der Waals surface area contributed by atoms with Crippen molar-refractivity contribution in [1.29, 1.82) is 0 Å². The molecule has 0 bridgehead atoms. The molecule has 1 amide bonds. The number of ether oxygens (including phenoxy) is 3. The lowest BCUT2D eigenvalue weighted by Gasteiger charge is -2.09. The number of carbonyl (C=O) groups is 1. The van der Waals surface area contributed by atoms with Crippen molar-refractivity contribution in [3.63, 3.8) is 0 Å². The zero-order valence-electron chi connectivity index (χ0n) is 17.5. The van der Waals surface area contributed by atoms with E-state index in [9.17, 15) is 9.59 Å². The second-order valence-electron chi connectivity index (χ2n) is 6.91. The van der Waals surface area contributed by atoms with Crippen LogP contribution >= 0.6 is 0 Å². The van der Waals surface area contributed by atoms with Gasteiger partial charge in [0, 0.05) is 17.8 Å². The minimum Gasteiger partial charge on any atom is -0.497 e. The number of nitrogens with zero attached hydrogens (tertiary/aromatic N) is 2. The second-order valence-corrected chi connectivity index (χ2v) is 6.91. The third-order valence-corrected chi connectivity index (χ3v) is 4.48. The number of benzene rings is 2. The van der Waals surface area contributed by atoms with Gasteiger partial charge in [0.2, 0.25) is 0 Å². The first-order chi connectivity index (χ1) is 15.5. The monoisotopic (exact) mass is 435 g/mol. The van der Waals surface area contributed by atoms with E-state index >= 15 is 0 Å². The summed E-state index contributed by atoms with van der Waals surface area (Å²) in [5.74, 6) is 2.16. The number of anilines is 1. The Balaban J connectivity index is 1.29. The topological polar surface area (TPSA) is 104 Å². The SMILES string of the molecule is COc1ccc(OCC(=O)Nc2ccc(OCc3cc(=O)n4oc(C)cc4n3)cc2)cc1. The average Bonchev–Trinajstić information content (AvgIpc) is 3.18. The molecule has 2 aromatic heterocycles. The normalized spacial score (nSPS) is 10.7. The third kappa shape index (κ3) is 5.07. The Morgan fingerprint density at radius 2 is 1.66 bits per heavy atom. The summed E-state index contributed by atoms with van der Waals surface area (Å²) in [5, 5.41) is 2.75. The summed E-state index contributed by atoms with van der Waals surface area (Å²) in [6.07, 6.45) is 0. The zero-order chi connectivity index (χ0) is 22.5. The molecule has 0 unspecified atom stereocenters. The zero-order valence-corrected chi connectivity index (χ0v) is 17.5. The molecule has 1 N–H and O–H groups in total. The highest BCUT2D eigenvalue weighted by atomic mass is 16.5. The number of rotatable bonds is 8. The molecule has 9 nitrogen and oxygen atoms in total. The van der Waals surface area contributed by atoms with Gasteiger partial charge in [-0.1, -0.05) is 0 Å². The van der Waals surface area contributed by atoms with Crippen molar-refractivity contribution in [2.75, 3.05) is 19.0 Å². The maximum atomic E-state index is 12.1. The largest absolute Gasteiger partial charge is 0.497 e. The number of carbonyl (C=O) groups excluding carboxylic acids is 1. The number of fused-ring (bicyclic) bond motifs is 1. The fourth-order valence-electron chi connectivity index (χ4n) is 2.96. The third-order valence-electron chi connectivity index (χ3n) is 4.48. The molecule has 0 aliphatic rings. The molecule has 0 spiro atoms. The fourth-order valence-corrected chi connectivity index (χ4v) is 2.96. The first kappa shape index (κ1) is 21.0. The van der Waals surface area contributed by atoms with Gasteiger partial charge in [-0.2, -0.15) is 0 Å². The van der Waals surface area contributed by atoms with Crippen LogP contribution in [0.1, 0.15) is 11.5 Å². The lowest BCUT2D eigenvalue weighted by Crippen LogP contribution is -2.20. The minimum absolute atomic E-state index is 0.122. The molecule has 164 valence electrons. The molecule has 4 aromatic rings. The van der Waals surface area contributed by atoms with Crippen molar-refractivity contribution < 1.29 is 23.5 Å². The summed E-state index contributed by atoms with van der Waals surface area (Å²) in [4.78, 5) is 28.5. The Bertz CT molecular complexity index is 1280. The molecule has 9 heteroatoms. The smallest absolute Gasteiger partial charge is 0.287 e. The molecule has 0 radical (unpaired) electrons. The number of amides is 1. The molecular formula is C23H21N3O6. The number of aromatic nitrogens is 2. The highest BCUT2D eigenvalue weighted by Crippen LogP contribution is 2.18. The number of nitrogens with one attached hydrogen (secondary N) is 1. The highest BCUT2D eigenvalue weighted by molar-refractivity contribution is 5.91. The first-order valence-corrected chi connectivity index (χ1v) is 9.79. The van der Waals surface area contributed by atoms with Gasteiger partial charge >= 0.3 is 0 Å². The van der Waals surface area contributed by atoms with E-state index in [4.69, 9.17) is 18.7 Å². The number of hydrogen-bond donors (Lipinski definition) is 1. The first-order valence-electron chi connectivity index (χ1n) is 9.79. The van der Waals surface area contributed by atoms with Crippen LogP contribution in [0.2, 0.25) is 0 Å². The summed E-state index contributed by atoms with van der Waals surface area (Å²) in [5.41, 5.74) is 1.22. The Labute approximate surface area is 183 Å². The Hall–Kier alpha value is -4.27. The van der Waals surface area contributed by atoms with E-state index in [1.807, 2.05) is 0 Å². The van der Waals surface area contributed by atoms with Crippen molar-refractivity contribution in [3.05, 3.63) is 82.5 Å². The van der Waals surface area contributed by atoms with Crippen molar-refractivity contribution in [3.8, 4) is 17.2 Å². The molecule has 0 atom stereocenters. The van der Waals surface area contributed by atoms with Crippen LogP contribution in [0.25, 0.3) is 5.65 Å². The van der Waals surface area contributed by atoms with E-state index in [0.29, 0.717) is 40.0 Å². The lowest BCUT2D eigenvalue weighted by atomic mass is 10.3. The summed E-state index contributed by atoms with van der Waals surface area (Å²) in [7, 11) is 1.58. The fraction of sp³-hybridized carbons (Fsp3) is 0.174. The van der Waals surface area contributed by atoms with Crippen LogP contribution in [0.4, 0.5) is 5.69 Å². The van der Waals surface area contributed by atoms with Gasteiger partial charge in [-0.25, -0.2) is 4.98 Å². The van der Waals surface area contributed by atoms with Gasteiger partial charge < -0.3 is 24.1 Å². The molecule has 0 aliphatic heterocycles. The number of hydrogen-bond acceptors (Lipinski definition) is 7. The van der Waals surface area contributed by atoms with Gasteiger partial charge in [-0.3, -0.25) is 9.59 Å². The quantitative estimate of drug-likeness (QED) is 0.453. The van der Waals surface area contributed by atoms with Crippen LogP contribution in [0, 0.1) is 6.92 Å². The van der Waals surface area contributed by atoms with Crippen LogP contribution in [-0.4, -0.2) is 29.2 Å². The Morgan fingerprint density at radius 3 is 2.38 bits per heavy atom. The van der Waals surface area contributed by atoms with Crippen molar-refractivity contribution in [1.82, 2.24) is 9.56 Å². The van der Waals surface area contributed by atoms with Gasteiger partial charge in [-0.05, 0) is 55.5 Å². The van der Waals surface area contributed by atoms with Crippen molar-refractivity contribution in [2.45, 2.75) is 13.5 Å². The van der Waals surface area contributed by atoms with E-state index in [1.54, 1.807) is 68.6 Å². The van der Waals surface area contributed by atoms with Crippen molar-refractivity contribution in [2.24, 2.45) is 0 Å². The van der Waals surface area contributed by atoms with Crippen LogP contribution in [0.5, 0.6) is 17.2 Å². The second kappa shape index (κ2) is 9.25. The molecule has 4 rings (SSSR count). The number of methoxy groups -OCH3 is 1. The summed E-state index contributed by atoms with van der Waals surface area (Å²) < 4.78 is 22.6. The minimum atomic E-state index is -0.309. The molecular weight excluding hydrogens is 414 g/mol. The van der Waals surface area contributed by atoms with E-state index < -0.39 is 0 Å². The summed E-state index contributed by atoms with van der Waals surface area (Å²) in [6, 6.07) is 16.9. The predicted octanol–water partition coefficient (Wildman–Crippen LogP) is 3.20. The average molecular weight is 435 g/mol. The van der Waals surface area contributed by atoms with E-state index in [2.05, 4.69) is 10.3 Å². The van der Waals surface area contributed by atoms with Gasteiger partial charge in [0.05, 0.1) is 12.8 Å².